The second kappa shape index (κ2) is 23.1. The van der Waals surface area contributed by atoms with Gasteiger partial charge in [0.2, 0.25) is 0 Å². The van der Waals surface area contributed by atoms with E-state index < -0.39 is 0 Å². The van der Waals surface area contributed by atoms with Gasteiger partial charge in [0.1, 0.15) is 5.82 Å². The van der Waals surface area contributed by atoms with Crippen LogP contribution in [0.2, 0.25) is 0 Å². The van der Waals surface area contributed by atoms with Gasteiger partial charge in [-0.2, -0.15) is 0 Å². The monoisotopic (exact) mass is 1270 g/mol. The molecule has 0 N–H and O–H groups in total. The zero-order chi connectivity index (χ0) is 65.8. The molecular weight excluding hydrogens is 1220 g/mol. The third kappa shape index (κ3) is 9.37. The van der Waals surface area contributed by atoms with Crippen molar-refractivity contribution in [3.05, 3.63) is 352 Å². The van der Waals surface area contributed by atoms with E-state index in [1.54, 1.807) is 0 Å². The SMILES string of the molecule is c1ccc(-c2ccc(-n3c4ccc(-c5cccc(-c6nc(-c7ccccc7)cc(-c7ccc(-n8c9ccccc9c9cc%10c%11ccccc%11n(-c%11ccccc%11)c%10cc98)cc7)n6)c5)cc4c4cc5c6ccccc6n(-c6cc(-c7ccccc7)nc(-c7ccccc7)n6)c5cc43)cc2)cc1. The first kappa shape index (κ1) is 56.8. The molecule has 20 aromatic rings. The number of rotatable bonds is 11. The number of nitrogens with zero attached hydrogens (tertiary/aromatic N) is 8. The van der Waals surface area contributed by atoms with Crippen molar-refractivity contribution in [3.8, 4) is 102 Å². The van der Waals surface area contributed by atoms with Gasteiger partial charge in [-0.15, -0.1) is 0 Å². The van der Waals surface area contributed by atoms with Gasteiger partial charge in [-0.3, -0.25) is 4.57 Å². The van der Waals surface area contributed by atoms with Crippen molar-refractivity contribution in [3.63, 3.8) is 0 Å². The van der Waals surface area contributed by atoms with Crippen LogP contribution in [-0.4, -0.2) is 38.2 Å². The molecule has 0 atom stereocenters. The van der Waals surface area contributed by atoms with Crippen LogP contribution in [0.4, 0.5) is 0 Å². The van der Waals surface area contributed by atoms with Crippen LogP contribution < -0.4 is 0 Å². The van der Waals surface area contributed by atoms with Crippen molar-refractivity contribution in [2.24, 2.45) is 0 Å². The maximum Gasteiger partial charge on any atom is 0.162 e. The Morgan fingerprint density at radius 2 is 0.490 bits per heavy atom. The van der Waals surface area contributed by atoms with Gasteiger partial charge in [-0.25, -0.2) is 19.9 Å². The molecule has 0 fully saturated rings. The van der Waals surface area contributed by atoms with Crippen LogP contribution in [0.15, 0.2) is 352 Å². The first-order valence-corrected chi connectivity index (χ1v) is 33.9. The molecule has 8 nitrogen and oxygen atoms in total. The molecular formula is C92H58N8. The lowest BCUT2D eigenvalue weighted by Gasteiger charge is -2.13. The van der Waals surface area contributed by atoms with E-state index in [0.717, 1.165) is 139 Å². The van der Waals surface area contributed by atoms with Crippen LogP contribution in [0.5, 0.6) is 0 Å². The van der Waals surface area contributed by atoms with E-state index in [1.165, 1.54) is 38.1 Å². The molecule has 0 aliphatic heterocycles. The highest BCUT2D eigenvalue weighted by atomic mass is 15.1. The van der Waals surface area contributed by atoms with Crippen molar-refractivity contribution in [1.82, 2.24) is 38.2 Å². The van der Waals surface area contributed by atoms with Crippen molar-refractivity contribution in [2.45, 2.75) is 0 Å². The number of hydrogen-bond donors (Lipinski definition) is 0. The number of fused-ring (bicyclic) bond motifs is 12. The van der Waals surface area contributed by atoms with E-state index in [9.17, 15) is 0 Å². The van der Waals surface area contributed by atoms with E-state index >= 15 is 0 Å². The Kier molecular flexibility index (Phi) is 13.1. The van der Waals surface area contributed by atoms with Gasteiger partial charge in [-0.1, -0.05) is 243 Å². The van der Waals surface area contributed by atoms with Crippen LogP contribution in [0.3, 0.4) is 0 Å². The van der Waals surface area contributed by atoms with E-state index in [-0.39, 0.29) is 0 Å². The predicted molar refractivity (Wildman–Crippen MR) is 413 cm³/mol. The molecule has 0 amide bonds. The smallest absolute Gasteiger partial charge is 0.162 e. The normalized spacial score (nSPS) is 11.8. The Labute approximate surface area is 575 Å². The highest BCUT2D eigenvalue weighted by molar-refractivity contribution is 6.21. The summed E-state index contributed by atoms with van der Waals surface area (Å²) in [7, 11) is 0. The standard InChI is InChI=1S/C92H58N8/c1-6-23-59(24-7-1)60-41-46-69(47-42-60)99-85-50-45-66(52-74(85)78-54-77-73-37-18-21-40-84(73)100(89(77)58-88(78)99)90-56-81(62-27-10-3-11-28-62)95-91(96-90)64-29-12-4-13-30-64)65-31-22-32-67(51-65)92-93-79(61-25-8-2-9-26-61)55-80(94-92)63-43-48-70(49-44-63)98-83-39-20-17-36-72(83)76-53-75-71-35-16-19-38-82(71)97(86(75)57-87(76)98)68-33-14-5-15-34-68/h1-58H. The molecule has 0 saturated carbocycles. The summed E-state index contributed by atoms with van der Waals surface area (Å²) in [6.07, 6.45) is 0. The van der Waals surface area contributed by atoms with Gasteiger partial charge < -0.3 is 13.7 Å². The summed E-state index contributed by atoms with van der Waals surface area (Å²) in [6, 6.07) is 126. The zero-order valence-corrected chi connectivity index (χ0v) is 54.1. The molecule has 6 aromatic heterocycles. The second-order valence-electron chi connectivity index (χ2n) is 25.8. The minimum Gasteiger partial charge on any atom is -0.309 e. The minimum absolute atomic E-state index is 0.647. The zero-order valence-electron chi connectivity index (χ0n) is 54.1. The van der Waals surface area contributed by atoms with Crippen molar-refractivity contribution in [1.29, 1.82) is 0 Å². The summed E-state index contributed by atoms with van der Waals surface area (Å²) in [5.41, 5.74) is 24.1. The Morgan fingerprint density at radius 3 is 1.02 bits per heavy atom. The van der Waals surface area contributed by atoms with Gasteiger partial charge in [0.25, 0.3) is 0 Å². The lowest BCUT2D eigenvalue weighted by molar-refractivity contribution is 1.05. The maximum atomic E-state index is 5.46. The molecule has 0 bridgehead atoms. The topological polar surface area (TPSA) is 71.3 Å². The molecule has 100 heavy (non-hydrogen) atoms. The van der Waals surface area contributed by atoms with E-state index in [2.05, 4.69) is 346 Å². The fourth-order valence-corrected chi connectivity index (χ4v) is 15.3. The minimum atomic E-state index is 0.647. The highest BCUT2D eigenvalue weighted by Crippen LogP contribution is 2.44. The maximum absolute atomic E-state index is 5.46. The van der Waals surface area contributed by atoms with E-state index in [4.69, 9.17) is 19.9 Å². The molecule has 0 unspecified atom stereocenters. The fraction of sp³-hybridized carbons (Fsp3) is 0. The molecule has 0 spiro atoms. The first-order valence-electron chi connectivity index (χ1n) is 33.9. The van der Waals surface area contributed by atoms with Crippen LogP contribution in [0.25, 0.3) is 189 Å². The summed E-state index contributed by atoms with van der Waals surface area (Å²) in [6.45, 7) is 0. The van der Waals surface area contributed by atoms with Crippen molar-refractivity contribution < 1.29 is 0 Å². The van der Waals surface area contributed by atoms with Crippen molar-refractivity contribution >= 4 is 87.2 Å². The molecule has 14 aromatic carbocycles. The average molecular weight is 1280 g/mol. The molecule has 0 radical (unpaired) electrons. The summed E-state index contributed by atoms with van der Waals surface area (Å²) in [5.74, 6) is 2.10. The molecule has 20 rings (SSSR count). The van der Waals surface area contributed by atoms with Gasteiger partial charge in [-0.05, 0) is 125 Å². The predicted octanol–water partition coefficient (Wildman–Crippen LogP) is 23.3. The third-order valence-corrected chi connectivity index (χ3v) is 20.0. The Morgan fingerprint density at radius 1 is 0.160 bits per heavy atom. The van der Waals surface area contributed by atoms with Gasteiger partial charge in [0.05, 0.1) is 61.2 Å². The summed E-state index contributed by atoms with van der Waals surface area (Å²) in [5, 5.41) is 9.45. The molecule has 6 heterocycles. The molecule has 0 aliphatic carbocycles. The fourth-order valence-electron chi connectivity index (χ4n) is 15.3. The quantitative estimate of drug-likeness (QED) is 0.129. The second-order valence-corrected chi connectivity index (χ2v) is 25.8. The molecule has 0 aliphatic rings. The Hall–Kier alpha value is -13.6. The van der Waals surface area contributed by atoms with Crippen LogP contribution in [0.1, 0.15) is 0 Å². The first-order chi connectivity index (χ1) is 49.6. The lowest BCUT2D eigenvalue weighted by atomic mass is 9.99. The Bertz CT molecular complexity index is 6530. The number of hydrogen-bond acceptors (Lipinski definition) is 4. The van der Waals surface area contributed by atoms with E-state index in [0.29, 0.717) is 11.6 Å². The summed E-state index contributed by atoms with van der Waals surface area (Å²) >= 11 is 0. The van der Waals surface area contributed by atoms with Gasteiger partial charge >= 0.3 is 0 Å². The summed E-state index contributed by atoms with van der Waals surface area (Å²) in [4.78, 5) is 21.4. The van der Waals surface area contributed by atoms with Crippen LogP contribution >= 0.6 is 0 Å². The third-order valence-electron chi connectivity index (χ3n) is 20.0. The largest absolute Gasteiger partial charge is 0.309 e. The lowest BCUT2D eigenvalue weighted by Crippen LogP contribution is -2.02. The molecule has 8 heteroatoms. The van der Waals surface area contributed by atoms with Crippen molar-refractivity contribution in [2.75, 3.05) is 0 Å². The number of aromatic nitrogens is 8. The molecule has 466 valence electrons. The summed E-state index contributed by atoms with van der Waals surface area (Å²) < 4.78 is 9.56. The highest BCUT2D eigenvalue weighted by Gasteiger charge is 2.24. The average Bonchev–Trinajstić information content (AvgIpc) is 1.56. The Balaban J connectivity index is 0.723. The van der Waals surface area contributed by atoms with Crippen LogP contribution in [-0.2, 0) is 0 Å². The number of para-hydroxylation sites is 4. The van der Waals surface area contributed by atoms with E-state index in [1.807, 2.05) is 24.3 Å². The van der Waals surface area contributed by atoms with Gasteiger partial charge in [0, 0.05) is 94.0 Å². The molecule has 0 saturated heterocycles. The van der Waals surface area contributed by atoms with Crippen LogP contribution in [0, 0.1) is 0 Å². The van der Waals surface area contributed by atoms with Gasteiger partial charge in [0.15, 0.2) is 11.6 Å². The number of benzene rings is 14.